The highest BCUT2D eigenvalue weighted by Gasteiger charge is 2.29. The Bertz CT molecular complexity index is 1090. The molecule has 2 rings (SSSR count). The number of carbonyl (C=O) groups is 5. The highest BCUT2D eigenvalue weighted by atomic mass is 16.4. The van der Waals surface area contributed by atoms with Gasteiger partial charge in [0.15, 0.2) is 0 Å². The van der Waals surface area contributed by atoms with E-state index in [0.29, 0.717) is 0 Å². The maximum Gasteiger partial charge on any atom is 0.325 e. The molecular weight excluding hydrogens is 460 g/mol. The molecule has 0 spiro atoms. The molecule has 1 aromatic carbocycles. The molecule has 0 bridgehead atoms. The minimum atomic E-state index is -1.49. The van der Waals surface area contributed by atoms with Gasteiger partial charge in [0.1, 0.15) is 18.1 Å². The number of primary amides is 1. The van der Waals surface area contributed by atoms with Gasteiger partial charge in [-0.05, 0) is 31.4 Å². The molecule has 0 saturated heterocycles. The van der Waals surface area contributed by atoms with Gasteiger partial charge < -0.3 is 42.6 Å². The summed E-state index contributed by atoms with van der Waals surface area (Å²) in [4.78, 5) is 63.0. The number of amides is 4. The van der Waals surface area contributed by atoms with E-state index in [4.69, 9.17) is 16.6 Å². The quantitative estimate of drug-likeness (QED) is 0.154. The lowest BCUT2D eigenvalue weighted by Gasteiger charge is -2.23. The molecule has 0 fully saturated rings. The van der Waals surface area contributed by atoms with Gasteiger partial charge in [0.25, 0.3) is 0 Å². The zero-order valence-electron chi connectivity index (χ0n) is 19.1. The molecule has 1 heterocycles. The lowest BCUT2D eigenvalue weighted by atomic mass is 10.0. The standard InChI is InChI=1S/C22H30N6O7/c1-11(22(34)35)26-21(33)17(10-29)28-20(32)16(6-7-18(24)30)27-19(31)14(23)8-12-9-25-15-5-3-2-4-13(12)15/h2-5,9,11,14,16-17,25,29H,6-8,10,23H2,1H3,(H2,24,30)(H,26,33)(H,27,31)(H,28,32)(H,34,35). The number of nitrogens with one attached hydrogen (secondary N) is 4. The number of aromatic nitrogens is 1. The van der Waals surface area contributed by atoms with Gasteiger partial charge in [-0.3, -0.25) is 24.0 Å². The third-order valence-electron chi connectivity index (χ3n) is 5.31. The normalized spacial score (nSPS) is 14.4. The van der Waals surface area contributed by atoms with Crippen LogP contribution in [0.2, 0.25) is 0 Å². The van der Waals surface area contributed by atoms with E-state index in [1.54, 1.807) is 6.20 Å². The zero-order chi connectivity index (χ0) is 26.1. The van der Waals surface area contributed by atoms with Crippen molar-refractivity contribution in [2.75, 3.05) is 6.61 Å². The van der Waals surface area contributed by atoms with Crippen LogP contribution in [-0.4, -0.2) is 75.6 Å². The summed E-state index contributed by atoms with van der Waals surface area (Å²) in [5.41, 5.74) is 12.9. The molecule has 0 aliphatic heterocycles. The van der Waals surface area contributed by atoms with Gasteiger partial charge in [0.05, 0.1) is 12.6 Å². The number of benzene rings is 1. The summed E-state index contributed by atoms with van der Waals surface area (Å²) in [5.74, 6) is -4.52. The Hall–Kier alpha value is -3.97. The molecule has 4 unspecified atom stereocenters. The van der Waals surface area contributed by atoms with E-state index in [1.807, 2.05) is 24.3 Å². The fraction of sp³-hybridized carbons (Fsp3) is 0.409. The van der Waals surface area contributed by atoms with Crippen molar-refractivity contribution in [2.24, 2.45) is 11.5 Å². The Kier molecular flexibility index (Phi) is 9.73. The molecule has 10 N–H and O–H groups in total. The summed E-state index contributed by atoms with van der Waals surface area (Å²) in [5, 5.41) is 26.1. The molecular formula is C22H30N6O7. The number of hydrogen-bond donors (Lipinski definition) is 8. The Morgan fingerprint density at radius 1 is 1.00 bits per heavy atom. The van der Waals surface area contributed by atoms with Gasteiger partial charge in [0.2, 0.25) is 23.6 Å². The second-order valence-electron chi connectivity index (χ2n) is 8.05. The number of aliphatic hydroxyl groups is 1. The molecule has 13 heteroatoms. The highest BCUT2D eigenvalue weighted by molar-refractivity contribution is 5.94. The SMILES string of the molecule is CC(NC(=O)C(CO)NC(=O)C(CCC(N)=O)NC(=O)C(N)Cc1c[nH]c2ccccc12)C(=O)O. The van der Waals surface area contributed by atoms with Gasteiger partial charge in [0, 0.05) is 23.5 Å². The number of rotatable bonds is 13. The van der Waals surface area contributed by atoms with Gasteiger partial charge in [-0.25, -0.2) is 0 Å². The fourth-order valence-electron chi connectivity index (χ4n) is 3.31. The lowest BCUT2D eigenvalue weighted by molar-refractivity contribution is -0.142. The number of aliphatic hydroxyl groups excluding tert-OH is 1. The van der Waals surface area contributed by atoms with Crippen LogP contribution in [0.3, 0.4) is 0 Å². The summed E-state index contributed by atoms with van der Waals surface area (Å²) in [6, 6.07) is 2.38. The second kappa shape index (κ2) is 12.5. The van der Waals surface area contributed by atoms with E-state index >= 15 is 0 Å². The molecule has 4 atom stereocenters. The van der Waals surface area contributed by atoms with E-state index in [1.165, 1.54) is 6.92 Å². The number of fused-ring (bicyclic) bond motifs is 1. The first-order valence-corrected chi connectivity index (χ1v) is 10.9. The molecule has 1 aromatic heterocycles. The van der Waals surface area contributed by atoms with Crippen LogP contribution in [0.4, 0.5) is 0 Å². The average molecular weight is 491 g/mol. The fourth-order valence-corrected chi connectivity index (χ4v) is 3.31. The number of carbonyl (C=O) groups excluding carboxylic acids is 4. The lowest BCUT2D eigenvalue weighted by Crippen LogP contribution is -2.58. The molecule has 13 nitrogen and oxygen atoms in total. The number of H-pyrrole nitrogens is 1. The van der Waals surface area contributed by atoms with E-state index in [-0.39, 0.29) is 19.3 Å². The van der Waals surface area contributed by atoms with Crippen LogP contribution in [0, 0.1) is 0 Å². The van der Waals surface area contributed by atoms with Crippen molar-refractivity contribution >= 4 is 40.5 Å². The molecule has 0 aliphatic carbocycles. The first-order valence-electron chi connectivity index (χ1n) is 10.9. The molecule has 0 saturated carbocycles. The van der Waals surface area contributed by atoms with Crippen molar-refractivity contribution in [2.45, 2.75) is 50.4 Å². The Balaban J connectivity index is 2.07. The van der Waals surface area contributed by atoms with E-state index in [0.717, 1.165) is 16.5 Å². The molecule has 0 aliphatic rings. The van der Waals surface area contributed by atoms with E-state index in [2.05, 4.69) is 20.9 Å². The number of aromatic amines is 1. The summed E-state index contributed by atoms with van der Waals surface area (Å²) in [6.07, 6.45) is 1.46. The third-order valence-corrected chi connectivity index (χ3v) is 5.31. The van der Waals surface area contributed by atoms with Crippen LogP contribution in [0.15, 0.2) is 30.5 Å². The Morgan fingerprint density at radius 3 is 2.26 bits per heavy atom. The van der Waals surface area contributed by atoms with Crippen molar-refractivity contribution in [3.63, 3.8) is 0 Å². The number of para-hydroxylation sites is 1. The first kappa shape index (κ1) is 27.3. The maximum atomic E-state index is 12.8. The second-order valence-corrected chi connectivity index (χ2v) is 8.05. The summed E-state index contributed by atoms with van der Waals surface area (Å²) in [6.45, 7) is 0.377. The topological polar surface area (TPSA) is 230 Å². The number of aliphatic carboxylic acids is 1. The number of carboxylic acid groups (broad SMARTS) is 1. The number of carboxylic acids is 1. The van der Waals surface area contributed by atoms with Gasteiger partial charge >= 0.3 is 5.97 Å². The van der Waals surface area contributed by atoms with Crippen LogP contribution < -0.4 is 27.4 Å². The molecule has 190 valence electrons. The number of hydrogen-bond acceptors (Lipinski definition) is 7. The monoisotopic (exact) mass is 490 g/mol. The average Bonchev–Trinajstić information content (AvgIpc) is 3.22. The third kappa shape index (κ3) is 7.79. The summed E-state index contributed by atoms with van der Waals surface area (Å²) < 4.78 is 0. The van der Waals surface area contributed by atoms with Gasteiger partial charge in [-0.15, -0.1) is 0 Å². The van der Waals surface area contributed by atoms with Gasteiger partial charge in [-0.2, -0.15) is 0 Å². The van der Waals surface area contributed by atoms with Crippen molar-refractivity contribution in [1.82, 2.24) is 20.9 Å². The molecule has 4 amide bonds. The summed E-state index contributed by atoms with van der Waals surface area (Å²) >= 11 is 0. The molecule has 0 radical (unpaired) electrons. The summed E-state index contributed by atoms with van der Waals surface area (Å²) in [7, 11) is 0. The predicted molar refractivity (Wildman–Crippen MR) is 125 cm³/mol. The van der Waals surface area contributed by atoms with Crippen LogP contribution in [0.25, 0.3) is 10.9 Å². The predicted octanol–water partition coefficient (Wildman–Crippen LogP) is -2.15. The minimum Gasteiger partial charge on any atom is -0.480 e. The zero-order valence-corrected chi connectivity index (χ0v) is 19.1. The van der Waals surface area contributed by atoms with Crippen molar-refractivity contribution in [1.29, 1.82) is 0 Å². The smallest absolute Gasteiger partial charge is 0.325 e. The van der Waals surface area contributed by atoms with Crippen molar-refractivity contribution in [3.05, 3.63) is 36.0 Å². The van der Waals surface area contributed by atoms with E-state index in [9.17, 15) is 29.1 Å². The largest absolute Gasteiger partial charge is 0.480 e. The Labute approximate surface area is 200 Å². The van der Waals surface area contributed by atoms with Crippen LogP contribution in [-0.2, 0) is 30.4 Å². The van der Waals surface area contributed by atoms with Crippen LogP contribution in [0.5, 0.6) is 0 Å². The van der Waals surface area contributed by atoms with Crippen LogP contribution >= 0.6 is 0 Å². The first-order chi connectivity index (χ1) is 16.5. The van der Waals surface area contributed by atoms with Crippen LogP contribution in [0.1, 0.15) is 25.3 Å². The van der Waals surface area contributed by atoms with Crippen molar-refractivity contribution < 1.29 is 34.2 Å². The molecule has 2 aromatic rings. The molecule has 35 heavy (non-hydrogen) atoms. The highest BCUT2D eigenvalue weighted by Crippen LogP contribution is 2.18. The Morgan fingerprint density at radius 2 is 1.63 bits per heavy atom. The van der Waals surface area contributed by atoms with Crippen molar-refractivity contribution in [3.8, 4) is 0 Å². The minimum absolute atomic E-state index is 0.161. The van der Waals surface area contributed by atoms with E-state index < -0.39 is 60.4 Å². The van der Waals surface area contributed by atoms with Gasteiger partial charge in [-0.1, -0.05) is 18.2 Å². The number of nitrogens with two attached hydrogens (primary N) is 2. The maximum absolute atomic E-state index is 12.8.